The third-order valence-electron chi connectivity index (χ3n) is 7.00. The molecule has 1 saturated carbocycles. The van der Waals surface area contributed by atoms with Crippen molar-refractivity contribution in [3.8, 4) is 34.4 Å². The average molecular weight is 638 g/mol. The Kier molecular flexibility index (Phi) is 8.99. The highest BCUT2D eigenvalue weighted by molar-refractivity contribution is 5.88. The molecule has 0 radical (unpaired) electrons. The fourth-order valence-electron chi connectivity index (χ4n) is 4.76. The van der Waals surface area contributed by atoms with Crippen LogP contribution in [-0.2, 0) is 29.3 Å². The number of methoxy groups -OCH3 is 2. The molecule has 0 unspecified atom stereocenters. The Morgan fingerprint density at radius 3 is 2.48 bits per heavy atom. The van der Waals surface area contributed by atoms with Gasteiger partial charge in [-0.05, 0) is 45.8 Å². The SMILES string of the molecule is COc1cc(-c2nc(C(F)(F)F)cn2C)ccc1CNc1nc(-c2c(OC)ncnc2C2CC2)ncc1/C=C/C(=O)OC(C)(C)C. The van der Waals surface area contributed by atoms with Crippen molar-refractivity contribution in [1.82, 2.24) is 29.5 Å². The van der Waals surface area contributed by atoms with Crippen molar-refractivity contribution in [2.24, 2.45) is 7.05 Å². The monoisotopic (exact) mass is 637 g/mol. The number of aryl methyl sites for hydroxylation is 1. The van der Waals surface area contributed by atoms with Gasteiger partial charge in [-0.15, -0.1) is 0 Å². The van der Waals surface area contributed by atoms with Crippen molar-refractivity contribution < 1.29 is 32.2 Å². The third kappa shape index (κ3) is 7.44. The summed E-state index contributed by atoms with van der Waals surface area (Å²) < 4.78 is 57.6. The van der Waals surface area contributed by atoms with E-state index in [0.717, 1.165) is 24.7 Å². The number of benzene rings is 1. The molecule has 4 aromatic rings. The summed E-state index contributed by atoms with van der Waals surface area (Å²) in [5.41, 5.74) is 1.39. The van der Waals surface area contributed by atoms with Crippen LogP contribution in [0.2, 0.25) is 0 Å². The van der Waals surface area contributed by atoms with E-state index < -0.39 is 23.4 Å². The number of aromatic nitrogens is 6. The molecular weight excluding hydrogens is 603 g/mol. The predicted octanol–water partition coefficient (Wildman–Crippen LogP) is 6.21. The van der Waals surface area contributed by atoms with E-state index in [1.165, 1.54) is 38.2 Å². The summed E-state index contributed by atoms with van der Waals surface area (Å²) in [6, 6.07) is 5.04. The van der Waals surface area contributed by atoms with Crippen molar-refractivity contribution >= 4 is 17.9 Å². The molecule has 11 nitrogen and oxygen atoms in total. The van der Waals surface area contributed by atoms with Gasteiger partial charge in [0.15, 0.2) is 11.5 Å². The van der Waals surface area contributed by atoms with Crippen molar-refractivity contribution in [3.05, 3.63) is 65.5 Å². The van der Waals surface area contributed by atoms with E-state index in [-0.39, 0.29) is 18.3 Å². The molecule has 0 bridgehead atoms. The lowest BCUT2D eigenvalue weighted by Gasteiger charge is -2.18. The molecule has 0 aliphatic heterocycles. The van der Waals surface area contributed by atoms with Gasteiger partial charge in [0.1, 0.15) is 34.9 Å². The van der Waals surface area contributed by atoms with Crippen LogP contribution in [0.4, 0.5) is 19.0 Å². The predicted molar refractivity (Wildman–Crippen MR) is 164 cm³/mol. The van der Waals surface area contributed by atoms with Crippen molar-refractivity contribution in [2.45, 2.75) is 57.9 Å². The summed E-state index contributed by atoms with van der Waals surface area (Å²) in [7, 11) is 4.49. The number of anilines is 1. The molecule has 0 amide bonds. The summed E-state index contributed by atoms with van der Waals surface area (Å²) in [5.74, 6) is 1.38. The largest absolute Gasteiger partial charge is 0.496 e. The van der Waals surface area contributed by atoms with E-state index in [2.05, 4.69) is 25.3 Å². The van der Waals surface area contributed by atoms with Gasteiger partial charge < -0.3 is 24.1 Å². The highest BCUT2D eigenvalue weighted by Gasteiger charge is 2.35. The van der Waals surface area contributed by atoms with E-state index in [0.29, 0.717) is 45.5 Å². The lowest BCUT2D eigenvalue weighted by atomic mass is 10.1. The highest BCUT2D eigenvalue weighted by Crippen LogP contribution is 2.45. The van der Waals surface area contributed by atoms with Gasteiger partial charge in [-0.3, -0.25) is 0 Å². The second-order valence-electron chi connectivity index (χ2n) is 11.7. The van der Waals surface area contributed by atoms with E-state index in [1.807, 2.05) is 0 Å². The van der Waals surface area contributed by atoms with Crippen LogP contribution in [0.25, 0.3) is 28.9 Å². The molecule has 1 aliphatic rings. The van der Waals surface area contributed by atoms with Crippen LogP contribution >= 0.6 is 0 Å². The molecule has 5 rings (SSSR count). The number of alkyl halides is 3. The first kappa shape index (κ1) is 32.4. The van der Waals surface area contributed by atoms with Gasteiger partial charge in [0.05, 0.1) is 19.9 Å². The Bertz CT molecular complexity index is 1780. The van der Waals surface area contributed by atoms with Gasteiger partial charge in [-0.25, -0.2) is 29.7 Å². The fourth-order valence-corrected chi connectivity index (χ4v) is 4.76. The summed E-state index contributed by atoms with van der Waals surface area (Å²) in [4.78, 5) is 34.4. The molecule has 0 atom stereocenters. The zero-order valence-corrected chi connectivity index (χ0v) is 26.3. The zero-order valence-electron chi connectivity index (χ0n) is 26.3. The van der Waals surface area contributed by atoms with Gasteiger partial charge in [0.25, 0.3) is 0 Å². The molecule has 46 heavy (non-hydrogen) atoms. The average Bonchev–Trinajstić information content (AvgIpc) is 3.77. The van der Waals surface area contributed by atoms with Crippen molar-refractivity contribution in [2.75, 3.05) is 19.5 Å². The summed E-state index contributed by atoms with van der Waals surface area (Å²) >= 11 is 0. The number of halogens is 3. The standard InChI is InChI=1S/C32H34F3N7O4/c1-31(2,3)46-24(43)12-11-21-15-37-28(25-26(18-7-8-18)38-17-39-30(25)45-6)41-27(21)36-14-20-10-9-19(13-22(20)44-5)29-40-23(16-42(29)4)32(33,34)35/h9-13,15-18H,7-8,14H2,1-6H3,(H,36,37,41)/b12-11+. The Morgan fingerprint density at radius 2 is 1.85 bits per heavy atom. The normalized spacial score (nSPS) is 13.6. The molecule has 1 aliphatic carbocycles. The van der Waals surface area contributed by atoms with E-state index in [9.17, 15) is 18.0 Å². The Hall–Kier alpha value is -5.01. The minimum atomic E-state index is -4.56. The lowest BCUT2D eigenvalue weighted by molar-refractivity contribution is -0.148. The molecule has 1 aromatic carbocycles. The minimum absolute atomic E-state index is 0.144. The van der Waals surface area contributed by atoms with Crippen LogP contribution < -0.4 is 14.8 Å². The first-order valence-electron chi connectivity index (χ1n) is 14.5. The third-order valence-corrected chi connectivity index (χ3v) is 7.00. The summed E-state index contributed by atoms with van der Waals surface area (Å²) in [5, 5.41) is 3.30. The molecule has 14 heteroatoms. The molecule has 3 aromatic heterocycles. The molecular formula is C32H34F3N7O4. The molecule has 242 valence electrons. The number of carbonyl (C=O) groups excluding carboxylic acids is 1. The van der Waals surface area contributed by atoms with Crippen LogP contribution in [0.3, 0.4) is 0 Å². The van der Waals surface area contributed by atoms with Crippen LogP contribution in [0, 0.1) is 0 Å². The second-order valence-corrected chi connectivity index (χ2v) is 11.7. The number of rotatable bonds is 10. The second kappa shape index (κ2) is 12.8. The fraction of sp³-hybridized carbons (Fsp3) is 0.375. The van der Waals surface area contributed by atoms with Crippen molar-refractivity contribution in [3.63, 3.8) is 0 Å². The molecule has 1 fully saturated rings. The summed E-state index contributed by atoms with van der Waals surface area (Å²) in [6.45, 7) is 5.54. The number of carbonyl (C=O) groups is 1. The van der Waals surface area contributed by atoms with Gasteiger partial charge in [-0.1, -0.05) is 12.1 Å². The Balaban J connectivity index is 1.49. The van der Waals surface area contributed by atoms with E-state index in [4.69, 9.17) is 19.2 Å². The van der Waals surface area contributed by atoms with Gasteiger partial charge in [0, 0.05) is 54.7 Å². The number of hydrogen-bond acceptors (Lipinski definition) is 10. The molecule has 1 N–H and O–H groups in total. The van der Waals surface area contributed by atoms with Gasteiger partial charge in [0.2, 0.25) is 5.88 Å². The topological polar surface area (TPSA) is 126 Å². The lowest BCUT2D eigenvalue weighted by Crippen LogP contribution is -2.22. The number of esters is 1. The Morgan fingerprint density at radius 1 is 1.09 bits per heavy atom. The van der Waals surface area contributed by atoms with Gasteiger partial charge in [-0.2, -0.15) is 13.2 Å². The molecule has 0 spiro atoms. The van der Waals surface area contributed by atoms with Crippen LogP contribution in [-0.4, -0.2) is 55.3 Å². The highest BCUT2D eigenvalue weighted by atomic mass is 19.4. The maximum atomic E-state index is 13.3. The summed E-state index contributed by atoms with van der Waals surface area (Å²) in [6.07, 6.45) is 4.24. The number of imidazole rings is 1. The molecule has 0 saturated heterocycles. The molecule has 3 heterocycles. The van der Waals surface area contributed by atoms with Crippen molar-refractivity contribution in [1.29, 1.82) is 0 Å². The first-order valence-corrected chi connectivity index (χ1v) is 14.5. The minimum Gasteiger partial charge on any atom is -0.496 e. The number of nitrogens with one attached hydrogen (secondary N) is 1. The maximum absolute atomic E-state index is 13.3. The van der Waals surface area contributed by atoms with Gasteiger partial charge >= 0.3 is 12.1 Å². The number of ether oxygens (including phenoxy) is 3. The first-order chi connectivity index (χ1) is 21.8. The van der Waals surface area contributed by atoms with E-state index >= 15 is 0 Å². The van der Waals surface area contributed by atoms with Crippen LogP contribution in [0.5, 0.6) is 11.6 Å². The van der Waals surface area contributed by atoms with Crippen LogP contribution in [0.1, 0.15) is 62.0 Å². The van der Waals surface area contributed by atoms with Crippen LogP contribution in [0.15, 0.2) is 43.0 Å². The van der Waals surface area contributed by atoms with E-state index in [1.54, 1.807) is 51.2 Å². The quantitative estimate of drug-likeness (QED) is 0.158. The Labute approximate surface area is 263 Å². The zero-order chi connectivity index (χ0) is 33.2. The number of hydrogen-bond donors (Lipinski definition) is 1. The number of nitrogens with zero attached hydrogens (tertiary/aromatic N) is 6. The maximum Gasteiger partial charge on any atom is 0.434 e. The smallest absolute Gasteiger partial charge is 0.434 e.